The van der Waals surface area contributed by atoms with Crippen LogP contribution in [0.15, 0.2) is 42.5 Å². The van der Waals surface area contributed by atoms with Crippen molar-refractivity contribution in [2.75, 3.05) is 0 Å². The summed E-state index contributed by atoms with van der Waals surface area (Å²) in [6.07, 6.45) is 14.5. The van der Waals surface area contributed by atoms with Crippen molar-refractivity contribution in [3.63, 3.8) is 0 Å². The second-order valence-corrected chi connectivity index (χ2v) is 16.1. The van der Waals surface area contributed by atoms with Gasteiger partial charge in [0.05, 0.1) is 0 Å². The minimum atomic E-state index is -1.93. The zero-order chi connectivity index (χ0) is 11.2. The van der Waals surface area contributed by atoms with Crippen LogP contribution in [0.5, 0.6) is 0 Å². The van der Waals surface area contributed by atoms with Crippen LogP contribution in [0.2, 0.25) is 8.26 Å². The van der Waals surface area contributed by atoms with Crippen LogP contribution in [-0.4, -0.2) is 0 Å². The topological polar surface area (TPSA) is 0 Å². The molecule has 1 heterocycles. The fourth-order valence-corrected chi connectivity index (χ4v) is 18.3. The Labute approximate surface area is 103 Å². The van der Waals surface area contributed by atoms with Crippen molar-refractivity contribution in [2.45, 2.75) is 34.9 Å². The van der Waals surface area contributed by atoms with Crippen molar-refractivity contribution < 1.29 is 20.3 Å². The molecule has 2 aliphatic carbocycles. The molecule has 0 nitrogen and oxygen atoms in total. The molecule has 0 radical (unpaired) electrons. The van der Waals surface area contributed by atoms with Gasteiger partial charge in [-0.05, 0) is 0 Å². The Balaban J connectivity index is 1.96. The molecule has 0 aromatic heterocycles. The van der Waals surface area contributed by atoms with Gasteiger partial charge in [-0.2, -0.15) is 0 Å². The zero-order valence-corrected chi connectivity index (χ0v) is 12.8. The summed E-state index contributed by atoms with van der Waals surface area (Å²) < 4.78 is 7.01. The molecule has 0 N–H and O–H groups in total. The zero-order valence-electron chi connectivity index (χ0n) is 10.3. The fraction of sp³-hybridized carbons (Fsp3) is 0.467. The molecule has 0 amide bonds. The van der Waals surface area contributed by atoms with Crippen LogP contribution in [0, 0.1) is 5.92 Å². The summed E-state index contributed by atoms with van der Waals surface area (Å²) in [5.41, 5.74) is 1.63. The van der Waals surface area contributed by atoms with Crippen molar-refractivity contribution in [2.24, 2.45) is 5.92 Å². The molecule has 1 aliphatic heterocycles. The quantitative estimate of drug-likeness (QED) is 0.707. The van der Waals surface area contributed by atoms with Gasteiger partial charge >= 0.3 is 104 Å². The van der Waals surface area contributed by atoms with Crippen LogP contribution in [0.3, 0.4) is 0 Å². The van der Waals surface area contributed by atoms with Crippen molar-refractivity contribution >= 4 is 0 Å². The van der Waals surface area contributed by atoms with E-state index in [1.165, 1.54) is 12.8 Å². The average molecular weight is 292 g/mol. The molecule has 84 valence electrons. The van der Waals surface area contributed by atoms with E-state index in [-0.39, 0.29) is 0 Å². The summed E-state index contributed by atoms with van der Waals surface area (Å²) in [6, 6.07) is 0. The number of allylic oxidation sites excluding steroid dienone is 8. The summed E-state index contributed by atoms with van der Waals surface area (Å²) in [6.45, 7) is 4.69. The van der Waals surface area contributed by atoms with Crippen LogP contribution >= 0.6 is 0 Å². The molecule has 1 saturated heterocycles. The number of hydrogen-bond donors (Lipinski definition) is 0. The minimum absolute atomic E-state index is 0.805. The Morgan fingerprint density at radius 3 is 2.75 bits per heavy atom. The van der Waals surface area contributed by atoms with Gasteiger partial charge < -0.3 is 0 Å². The molecule has 3 aliphatic rings. The monoisotopic (exact) mass is 290 g/mol. The molecular formula is C15H20Zr. The summed E-state index contributed by atoms with van der Waals surface area (Å²) in [7, 11) is 0. The van der Waals surface area contributed by atoms with Gasteiger partial charge in [-0.25, -0.2) is 0 Å². The summed E-state index contributed by atoms with van der Waals surface area (Å²) in [4.78, 5) is 0. The van der Waals surface area contributed by atoms with E-state index in [0.29, 0.717) is 0 Å². The predicted molar refractivity (Wildman–Crippen MR) is 67.1 cm³/mol. The van der Waals surface area contributed by atoms with Crippen molar-refractivity contribution in [1.29, 1.82) is 0 Å². The molecule has 1 unspecified atom stereocenters. The Bertz CT molecular complexity index is 430. The Morgan fingerprint density at radius 2 is 2.19 bits per heavy atom. The number of hydrogen-bond acceptors (Lipinski definition) is 0. The van der Waals surface area contributed by atoms with E-state index in [1.807, 2.05) is 6.56 Å². The van der Waals surface area contributed by atoms with E-state index < -0.39 is 20.3 Å². The molecule has 1 atom stereocenters. The van der Waals surface area contributed by atoms with Crippen LogP contribution in [-0.2, 0) is 20.3 Å². The second-order valence-electron chi connectivity index (χ2n) is 5.38. The van der Waals surface area contributed by atoms with Crippen LogP contribution in [0.1, 0.15) is 26.7 Å². The first-order chi connectivity index (χ1) is 7.78. The summed E-state index contributed by atoms with van der Waals surface area (Å²) in [5, 5.41) is 0. The van der Waals surface area contributed by atoms with Crippen molar-refractivity contribution in [3.8, 4) is 0 Å². The fourth-order valence-electron chi connectivity index (χ4n) is 3.50. The first kappa shape index (κ1) is 11.0. The predicted octanol–water partition coefficient (Wildman–Crippen LogP) is 4.70. The third kappa shape index (κ3) is 1.51. The van der Waals surface area contributed by atoms with Gasteiger partial charge in [0.2, 0.25) is 0 Å². The van der Waals surface area contributed by atoms with E-state index in [0.717, 1.165) is 5.92 Å². The van der Waals surface area contributed by atoms with E-state index in [2.05, 4.69) is 44.2 Å². The Hall–Kier alpha value is -0.157. The van der Waals surface area contributed by atoms with Gasteiger partial charge in [-0.1, -0.05) is 0 Å². The van der Waals surface area contributed by atoms with Crippen molar-refractivity contribution in [3.05, 3.63) is 42.5 Å². The van der Waals surface area contributed by atoms with E-state index in [9.17, 15) is 0 Å². The molecule has 0 bridgehead atoms. The third-order valence-electron chi connectivity index (χ3n) is 4.47. The summed E-state index contributed by atoms with van der Waals surface area (Å²) in [5.74, 6) is 0.805. The van der Waals surface area contributed by atoms with Gasteiger partial charge in [-0.3, -0.25) is 0 Å². The third-order valence-corrected chi connectivity index (χ3v) is 16.5. The molecule has 0 aromatic carbocycles. The average Bonchev–Trinajstić information content (AvgIpc) is 2.78. The van der Waals surface area contributed by atoms with Gasteiger partial charge in [0.15, 0.2) is 0 Å². The first-order valence-corrected chi connectivity index (χ1v) is 12.5. The Morgan fingerprint density at radius 1 is 1.38 bits per heavy atom. The van der Waals surface area contributed by atoms with Crippen molar-refractivity contribution in [1.82, 2.24) is 0 Å². The van der Waals surface area contributed by atoms with E-state index in [1.54, 1.807) is 13.8 Å². The number of rotatable bonds is 3. The maximum atomic E-state index is 2.46. The second kappa shape index (κ2) is 3.95. The molecule has 0 aromatic rings. The molecule has 0 spiro atoms. The van der Waals surface area contributed by atoms with E-state index >= 15 is 0 Å². The van der Waals surface area contributed by atoms with Crippen LogP contribution < -0.4 is 0 Å². The normalized spacial score (nSPS) is 30.1. The SMILES string of the molecule is CCC1C=CC(C)=[C]1[Zr]1([C]2=CC=CC2)[CH2][CH2]1. The molecule has 0 saturated carbocycles. The summed E-state index contributed by atoms with van der Waals surface area (Å²) >= 11 is -1.93. The van der Waals surface area contributed by atoms with Crippen LogP contribution in [0.25, 0.3) is 0 Å². The maximum absolute atomic E-state index is 2.46. The van der Waals surface area contributed by atoms with Gasteiger partial charge in [0.25, 0.3) is 0 Å². The molecule has 3 rings (SSSR count). The molecule has 1 heteroatoms. The van der Waals surface area contributed by atoms with E-state index in [4.69, 9.17) is 0 Å². The van der Waals surface area contributed by atoms with Gasteiger partial charge in [0, 0.05) is 0 Å². The Kier molecular flexibility index (Phi) is 2.70. The molecule has 1 fully saturated rings. The van der Waals surface area contributed by atoms with Gasteiger partial charge in [-0.15, -0.1) is 0 Å². The standard InChI is InChI=1S/C8H11.C5H5.C2H4.Zr/c1-3-8-5-4-7(2)6-8;1-2-4-5-3-1;1-2;/h4-5,8H,3H2,1-2H3;1-3H,4H2;1-2H2;. The molecular weight excluding hydrogens is 271 g/mol. The first-order valence-electron chi connectivity index (χ1n) is 6.53. The van der Waals surface area contributed by atoms with Gasteiger partial charge in [0.1, 0.15) is 0 Å². The van der Waals surface area contributed by atoms with Crippen LogP contribution in [0.4, 0.5) is 0 Å². The molecule has 16 heavy (non-hydrogen) atoms.